The lowest BCUT2D eigenvalue weighted by molar-refractivity contribution is -0.130. The Bertz CT molecular complexity index is 956. The number of hydrogen-bond acceptors (Lipinski definition) is 5. The van der Waals surface area contributed by atoms with Crippen LogP contribution in [-0.2, 0) is 19.6 Å². The molecule has 0 saturated carbocycles. The van der Waals surface area contributed by atoms with Crippen LogP contribution >= 0.6 is 15.9 Å². The van der Waals surface area contributed by atoms with Crippen molar-refractivity contribution >= 4 is 43.5 Å². The average molecular weight is 468 g/mol. The van der Waals surface area contributed by atoms with Crippen molar-refractivity contribution in [3.8, 4) is 0 Å². The fraction of sp³-hybridized carbons (Fsp3) is 0.222. The maximum absolute atomic E-state index is 12.4. The molecule has 2 aromatic rings. The maximum atomic E-state index is 12.4. The van der Waals surface area contributed by atoms with Gasteiger partial charge >= 0.3 is 0 Å². The van der Waals surface area contributed by atoms with Crippen LogP contribution < -0.4 is 15.6 Å². The molecule has 2 aromatic carbocycles. The first-order chi connectivity index (χ1) is 13.3. The maximum Gasteiger partial charge on any atom is 0.269 e. The summed E-state index contributed by atoms with van der Waals surface area (Å²) >= 11 is 3.25. The quantitative estimate of drug-likeness (QED) is 0.583. The minimum absolute atomic E-state index is 0.120. The molecule has 148 valence electrons. The molecule has 2 amide bonds. The van der Waals surface area contributed by atoms with E-state index in [-0.39, 0.29) is 10.5 Å². The van der Waals surface area contributed by atoms with Crippen LogP contribution in [0.25, 0.3) is 0 Å². The van der Waals surface area contributed by atoms with Crippen molar-refractivity contribution < 1.29 is 22.7 Å². The van der Waals surface area contributed by atoms with Crippen LogP contribution in [-0.4, -0.2) is 32.9 Å². The van der Waals surface area contributed by atoms with Crippen molar-refractivity contribution in [2.75, 3.05) is 11.3 Å². The molecule has 1 fully saturated rings. The number of hydrazine groups is 1. The molecule has 3 rings (SSSR count). The summed E-state index contributed by atoms with van der Waals surface area (Å²) in [6.45, 7) is 0.531. The minimum Gasteiger partial charge on any atom is -0.368 e. The van der Waals surface area contributed by atoms with E-state index in [1.807, 2.05) is 0 Å². The molecule has 0 unspecified atom stereocenters. The molecule has 0 radical (unpaired) electrons. The number of carbonyl (C=O) groups excluding carboxylic acids is 2. The van der Waals surface area contributed by atoms with Crippen LogP contribution in [0.3, 0.4) is 0 Å². The normalized spacial score (nSPS) is 16.4. The van der Waals surface area contributed by atoms with Gasteiger partial charge < -0.3 is 4.74 Å². The third kappa shape index (κ3) is 5.09. The lowest BCUT2D eigenvalue weighted by Gasteiger charge is -2.12. The highest BCUT2D eigenvalue weighted by Gasteiger charge is 2.23. The monoisotopic (exact) mass is 467 g/mol. The molecule has 0 bridgehead atoms. The fourth-order valence-corrected chi connectivity index (χ4v) is 3.90. The fourth-order valence-electron chi connectivity index (χ4n) is 2.57. The van der Waals surface area contributed by atoms with Gasteiger partial charge in [-0.25, -0.2) is 8.42 Å². The van der Waals surface area contributed by atoms with E-state index in [0.29, 0.717) is 18.7 Å². The molecule has 10 heteroatoms. The average Bonchev–Trinajstić information content (AvgIpc) is 3.21. The molecule has 1 aliphatic rings. The number of amides is 2. The molecule has 0 aromatic heterocycles. The molecule has 3 N–H and O–H groups in total. The van der Waals surface area contributed by atoms with E-state index in [2.05, 4.69) is 31.5 Å². The molecule has 8 nitrogen and oxygen atoms in total. The van der Waals surface area contributed by atoms with E-state index in [1.54, 1.807) is 12.1 Å². The van der Waals surface area contributed by atoms with Gasteiger partial charge in [0.25, 0.3) is 21.8 Å². The lowest BCUT2D eigenvalue weighted by Crippen LogP contribution is -2.46. The molecule has 0 spiro atoms. The van der Waals surface area contributed by atoms with Gasteiger partial charge in [-0.15, -0.1) is 0 Å². The Labute approximate surface area is 170 Å². The molecule has 28 heavy (non-hydrogen) atoms. The van der Waals surface area contributed by atoms with Crippen LogP contribution in [0.2, 0.25) is 0 Å². The predicted molar refractivity (Wildman–Crippen MR) is 106 cm³/mol. The third-order valence-corrected chi connectivity index (χ3v) is 5.97. The van der Waals surface area contributed by atoms with E-state index >= 15 is 0 Å². The SMILES string of the molecule is O=C(NNC(=O)[C@H]1CCCO1)c1ccc(NS(=O)(=O)c2ccc(Br)cc2)cc1. The number of anilines is 1. The minimum atomic E-state index is -3.74. The number of carbonyl (C=O) groups is 2. The first-order valence-corrected chi connectivity index (χ1v) is 10.7. The van der Waals surface area contributed by atoms with Crippen LogP contribution in [0.15, 0.2) is 57.9 Å². The summed E-state index contributed by atoms with van der Waals surface area (Å²) in [4.78, 5) is 24.0. The van der Waals surface area contributed by atoms with Crippen molar-refractivity contribution in [3.63, 3.8) is 0 Å². The highest BCUT2D eigenvalue weighted by molar-refractivity contribution is 9.10. The van der Waals surface area contributed by atoms with Crippen LogP contribution in [0.5, 0.6) is 0 Å². The Morgan fingerprint density at radius 3 is 2.29 bits per heavy atom. The number of benzene rings is 2. The van der Waals surface area contributed by atoms with Crippen molar-refractivity contribution in [3.05, 3.63) is 58.6 Å². The van der Waals surface area contributed by atoms with Crippen LogP contribution in [0, 0.1) is 0 Å². The van der Waals surface area contributed by atoms with E-state index in [4.69, 9.17) is 4.74 Å². The van der Waals surface area contributed by atoms with Crippen molar-refractivity contribution in [2.45, 2.75) is 23.8 Å². The second-order valence-electron chi connectivity index (χ2n) is 6.08. The first-order valence-electron chi connectivity index (χ1n) is 8.45. The summed E-state index contributed by atoms with van der Waals surface area (Å²) in [5.74, 6) is -0.918. The molecular formula is C18H18BrN3O5S. The molecule has 1 atom stereocenters. The first kappa shape index (κ1) is 20.3. The Hall–Kier alpha value is -2.43. The number of hydrogen-bond donors (Lipinski definition) is 3. The second kappa shape index (κ2) is 8.72. The Kier molecular flexibility index (Phi) is 6.32. The zero-order chi connectivity index (χ0) is 20.1. The summed E-state index contributed by atoms with van der Waals surface area (Å²) in [6, 6.07) is 12.1. The van der Waals surface area contributed by atoms with E-state index in [0.717, 1.165) is 10.9 Å². The molecular weight excluding hydrogens is 450 g/mol. The van der Waals surface area contributed by atoms with E-state index < -0.39 is 27.9 Å². The Morgan fingerprint density at radius 1 is 1.00 bits per heavy atom. The van der Waals surface area contributed by atoms with E-state index in [1.165, 1.54) is 36.4 Å². The summed E-state index contributed by atoms with van der Waals surface area (Å²) < 4.78 is 33.2. The highest BCUT2D eigenvalue weighted by atomic mass is 79.9. The number of nitrogens with one attached hydrogen (secondary N) is 3. The summed E-state index contributed by atoms with van der Waals surface area (Å²) in [6.07, 6.45) is 0.883. The molecule has 1 saturated heterocycles. The van der Waals surface area contributed by atoms with Crippen LogP contribution in [0.4, 0.5) is 5.69 Å². The van der Waals surface area contributed by atoms with Gasteiger partial charge in [0.15, 0.2) is 0 Å². The number of rotatable bonds is 5. The smallest absolute Gasteiger partial charge is 0.269 e. The van der Waals surface area contributed by atoms with Gasteiger partial charge in [0.1, 0.15) is 6.10 Å². The topological polar surface area (TPSA) is 114 Å². The highest BCUT2D eigenvalue weighted by Crippen LogP contribution is 2.19. The molecule has 1 aliphatic heterocycles. The molecule has 0 aliphatic carbocycles. The van der Waals surface area contributed by atoms with Gasteiger partial charge in [-0.1, -0.05) is 15.9 Å². The number of halogens is 1. The largest absolute Gasteiger partial charge is 0.368 e. The van der Waals surface area contributed by atoms with Gasteiger partial charge in [-0.3, -0.25) is 25.2 Å². The third-order valence-electron chi connectivity index (χ3n) is 4.04. The summed E-state index contributed by atoms with van der Waals surface area (Å²) in [7, 11) is -3.74. The van der Waals surface area contributed by atoms with Crippen molar-refractivity contribution in [1.82, 2.24) is 10.9 Å². The number of sulfonamides is 1. The summed E-state index contributed by atoms with van der Waals surface area (Å²) in [5, 5.41) is 0. The Balaban J connectivity index is 1.58. The van der Waals surface area contributed by atoms with Gasteiger partial charge in [-0.2, -0.15) is 0 Å². The van der Waals surface area contributed by atoms with Gasteiger partial charge in [0.05, 0.1) is 4.90 Å². The Morgan fingerprint density at radius 2 is 1.68 bits per heavy atom. The standard InChI is InChI=1S/C18H18BrN3O5S/c19-13-5-9-15(10-6-13)28(25,26)22-14-7-3-12(4-8-14)17(23)20-21-18(24)16-2-1-11-27-16/h3-10,16,22H,1-2,11H2,(H,20,23)(H,21,24)/t16-/m1/s1. The van der Waals surface area contributed by atoms with Gasteiger partial charge in [0.2, 0.25) is 0 Å². The van der Waals surface area contributed by atoms with Gasteiger partial charge in [0, 0.05) is 22.3 Å². The van der Waals surface area contributed by atoms with Crippen LogP contribution in [0.1, 0.15) is 23.2 Å². The zero-order valence-electron chi connectivity index (χ0n) is 14.6. The van der Waals surface area contributed by atoms with Gasteiger partial charge in [-0.05, 0) is 61.4 Å². The van der Waals surface area contributed by atoms with E-state index in [9.17, 15) is 18.0 Å². The van der Waals surface area contributed by atoms with Crippen molar-refractivity contribution in [1.29, 1.82) is 0 Å². The van der Waals surface area contributed by atoms with Crippen molar-refractivity contribution in [2.24, 2.45) is 0 Å². The lowest BCUT2D eigenvalue weighted by atomic mass is 10.2. The second-order valence-corrected chi connectivity index (χ2v) is 8.68. The summed E-state index contributed by atoms with van der Waals surface area (Å²) in [5.41, 5.74) is 5.21. The molecule has 1 heterocycles. The zero-order valence-corrected chi connectivity index (χ0v) is 17.0. The number of ether oxygens (including phenoxy) is 1. The predicted octanol–water partition coefficient (Wildman–Crippen LogP) is 2.19.